The molecular weight excluding hydrogens is 611 g/mol. The SMILES string of the molecule is Nc1cccc2c1-c1nc-2nc2[n-]c(nc3nc(nc4[n-]c(n1)c1cccc(N)c41)-c1cccc(N)c1-3)c1cccc(N)c21.[Ni+2]. The summed E-state index contributed by atoms with van der Waals surface area (Å²) in [4.78, 5) is 38.9. The van der Waals surface area contributed by atoms with Gasteiger partial charge >= 0.3 is 16.5 Å². The van der Waals surface area contributed by atoms with E-state index in [1.165, 1.54) is 0 Å². The fraction of sp³-hybridized carbons (Fsp3) is 0. The Kier molecular flexibility index (Phi) is 5.59. The van der Waals surface area contributed by atoms with Gasteiger partial charge in [-0.2, -0.15) is 0 Å². The van der Waals surface area contributed by atoms with Gasteiger partial charge in [0.15, 0.2) is 0 Å². The minimum absolute atomic E-state index is 0. The molecule has 0 spiro atoms. The van der Waals surface area contributed by atoms with E-state index in [9.17, 15) is 0 Å². The van der Waals surface area contributed by atoms with Crippen molar-refractivity contribution < 1.29 is 16.5 Å². The molecule has 2 aliphatic heterocycles. The molecule has 8 bridgehead atoms. The number of hydrogen-bond acceptors (Lipinski definition) is 10. The van der Waals surface area contributed by atoms with E-state index in [1.54, 1.807) is 24.3 Å². The molecule has 0 saturated heterocycles. The Labute approximate surface area is 263 Å². The molecule has 13 heteroatoms. The standard InChI is InChI=1S/C32H20N12.Ni/c33-17-9-1-5-13-21(17)29-37-25(13)41-30-22-14(6-2-10-18(22)34)27(38-30)43-32-24-16(8-4-12-20(24)36)28(40-32)44-31-23-15(26(39-31)42-29)7-3-11-19(23)35;/h1-12H,33-36H2;/q-2;+2. The Bertz CT molecular complexity index is 2390. The summed E-state index contributed by atoms with van der Waals surface area (Å²) in [5.41, 5.74) is 32.1. The first-order chi connectivity index (χ1) is 21.4. The minimum atomic E-state index is 0. The van der Waals surface area contributed by atoms with Crippen molar-refractivity contribution in [1.82, 2.24) is 39.9 Å². The molecule has 3 aromatic heterocycles. The molecular formula is C32H20N12Ni. The van der Waals surface area contributed by atoms with Crippen LogP contribution < -0.4 is 32.9 Å². The number of aromatic nitrogens is 8. The van der Waals surface area contributed by atoms with Crippen LogP contribution in [0.4, 0.5) is 22.7 Å². The largest absolute Gasteiger partial charge is 2.00 e. The maximum Gasteiger partial charge on any atom is 2.00 e. The summed E-state index contributed by atoms with van der Waals surface area (Å²) >= 11 is 0. The second-order valence-electron chi connectivity index (χ2n) is 10.6. The number of anilines is 4. The smallest absolute Gasteiger partial charge is 0.398 e. The second-order valence-corrected chi connectivity index (χ2v) is 10.6. The summed E-state index contributed by atoms with van der Waals surface area (Å²) in [5, 5.41) is 2.70. The fourth-order valence-electron chi connectivity index (χ4n) is 5.96. The van der Waals surface area contributed by atoms with Crippen LogP contribution in [0.2, 0.25) is 0 Å². The maximum atomic E-state index is 6.47. The van der Waals surface area contributed by atoms with Crippen molar-refractivity contribution in [3.8, 4) is 45.6 Å². The van der Waals surface area contributed by atoms with Gasteiger partial charge in [-0.05, 0) is 35.0 Å². The molecule has 12 nitrogen and oxygen atoms in total. The van der Waals surface area contributed by atoms with E-state index in [0.29, 0.717) is 112 Å². The molecule has 218 valence electrons. The van der Waals surface area contributed by atoms with Gasteiger partial charge < -0.3 is 52.8 Å². The fourth-order valence-corrected chi connectivity index (χ4v) is 5.96. The molecule has 2 aliphatic rings. The Hall–Kier alpha value is -6.07. The predicted octanol–water partition coefficient (Wildman–Crippen LogP) is 4.45. The van der Waals surface area contributed by atoms with Crippen LogP contribution in [0, 0.1) is 0 Å². The molecule has 0 amide bonds. The molecule has 5 heterocycles. The molecule has 0 saturated carbocycles. The molecule has 0 radical (unpaired) electrons. The number of nitrogens with zero attached hydrogens (tertiary/aromatic N) is 8. The van der Waals surface area contributed by atoms with Gasteiger partial charge in [0.1, 0.15) is 0 Å². The monoisotopic (exact) mass is 630 g/mol. The van der Waals surface area contributed by atoms with Crippen molar-refractivity contribution in [3.05, 3.63) is 72.8 Å². The minimum Gasteiger partial charge on any atom is -0.398 e. The van der Waals surface area contributed by atoms with Gasteiger partial charge in [-0.15, -0.1) is 0 Å². The van der Waals surface area contributed by atoms with Crippen LogP contribution in [0.15, 0.2) is 72.8 Å². The maximum absolute atomic E-state index is 6.47. The molecule has 4 aromatic carbocycles. The van der Waals surface area contributed by atoms with E-state index in [1.807, 2.05) is 48.5 Å². The van der Waals surface area contributed by atoms with Crippen molar-refractivity contribution in [1.29, 1.82) is 0 Å². The van der Waals surface area contributed by atoms with E-state index in [0.717, 1.165) is 0 Å². The van der Waals surface area contributed by atoms with Crippen molar-refractivity contribution in [2.75, 3.05) is 22.9 Å². The zero-order valence-electron chi connectivity index (χ0n) is 23.1. The number of fused-ring (bicyclic) bond motifs is 20. The van der Waals surface area contributed by atoms with E-state index < -0.39 is 0 Å². The number of benzene rings is 4. The van der Waals surface area contributed by atoms with Crippen LogP contribution in [-0.2, 0) is 16.5 Å². The Morgan fingerprint density at radius 2 is 0.778 bits per heavy atom. The first-order valence-corrected chi connectivity index (χ1v) is 13.7. The normalized spacial score (nSPS) is 11.7. The van der Waals surface area contributed by atoms with Crippen LogP contribution in [0.3, 0.4) is 0 Å². The zero-order chi connectivity index (χ0) is 29.7. The topological polar surface area (TPSA) is 210 Å². The second kappa shape index (κ2) is 9.47. The van der Waals surface area contributed by atoms with Crippen LogP contribution in [0.1, 0.15) is 0 Å². The van der Waals surface area contributed by atoms with E-state index in [4.69, 9.17) is 62.8 Å². The van der Waals surface area contributed by atoms with Crippen LogP contribution in [0.5, 0.6) is 0 Å². The molecule has 7 aromatic rings. The van der Waals surface area contributed by atoms with Crippen molar-refractivity contribution >= 4 is 66.9 Å². The summed E-state index contributed by atoms with van der Waals surface area (Å²) in [5.74, 6) is 1.49. The first kappa shape index (κ1) is 26.6. The van der Waals surface area contributed by atoms with Gasteiger partial charge in [-0.3, -0.25) is 0 Å². The van der Waals surface area contributed by atoms with Crippen LogP contribution >= 0.6 is 0 Å². The summed E-state index contributed by atoms with van der Waals surface area (Å²) < 4.78 is 0. The van der Waals surface area contributed by atoms with Gasteiger partial charge in [0.25, 0.3) is 0 Å². The molecule has 8 N–H and O–H groups in total. The van der Waals surface area contributed by atoms with Crippen LogP contribution in [-0.4, -0.2) is 29.9 Å². The van der Waals surface area contributed by atoms with Gasteiger partial charge in [0.05, 0.1) is 23.3 Å². The first-order valence-electron chi connectivity index (χ1n) is 13.7. The summed E-state index contributed by atoms with van der Waals surface area (Å²) in [6.07, 6.45) is 0. The van der Waals surface area contributed by atoms with Gasteiger partial charge in [0.2, 0.25) is 0 Å². The molecule has 0 fully saturated rings. The average Bonchev–Trinajstić information content (AvgIpc) is 3.74. The van der Waals surface area contributed by atoms with Crippen molar-refractivity contribution in [2.24, 2.45) is 0 Å². The number of nitrogen functional groups attached to an aromatic ring is 4. The molecule has 0 atom stereocenters. The third-order valence-corrected chi connectivity index (χ3v) is 7.94. The predicted molar refractivity (Wildman–Crippen MR) is 172 cm³/mol. The van der Waals surface area contributed by atoms with Gasteiger partial charge in [0, 0.05) is 78.4 Å². The van der Waals surface area contributed by atoms with Crippen molar-refractivity contribution in [2.45, 2.75) is 0 Å². The van der Waals surface area contributed by atoms with E-state index in [2.05, 4.69) is 0 Å². The zero-order valence-corrected chi connectivity index (χ0v) is 24.1. The Balaban J connectivity index is 0.00000300. The third kappa shape index (κ3) is 3.77. The number of nitrogens with two attached hydrogens (primary N) is 4. The average molecular weight is 631 g/mol. The quantitative estimate of drug-likeness (QED) is 0.135. The number of rotatable bonds is 0. The van der Waals surface area contributed by atoms with E-state index >= 15 is 0 Å². The molecule has 0 aliphatic carbocycles. The Morgan fingerprint density at radius 3 is 1.22 bits per heavy atom. The van der Waals surface area contributed by atoms with Gasteiger partial charge in [-0.1, -0.05) is 48.5 Å². The molecule has 45 heavy (non-hydrogen) atoms. The summed E-state index contributed by atoms with van der Waals surface area (Å²) in [6.45, 7) is 0. The molecule has 0 unspecified atom stereocenters. The molecule has 9 rings (SSSR count). The Morgan fingerprint density at radius 1 is 0.400 bits per heavy atom. The summed E-state index contributed by atoms with van der Waals surface area (Å²) in [6, 6.07) is 22.1. The van der Waals surface area contributed by atoms with E-state index in [-0.39, 0.29) is 16.5 Å². The van der Waals surface area contributed by atoms with Crippen molar-refractivity contribution in [3.63, 3.8) is 0 Å². The van der Waals surface area contributed by atoms with Gasteiger partial charge in [-0.25, -0.2) is 9.97 Å². The number of hydrogen-bond donors (Lipinski definition) is 4. The third-order valence-electron chi connectivity index (χ3n) is 7.94. The van der Waals surface area contributed by atoms with Crippen LogP contribution in [0.25, 0.3) is 89.7 Å². The summed E-state index contributed by atoms with van der Waals surface area (Å²) in [7, 11) is 0.